The van der Waals surface area contributed by atoms with Crippen molar-refractivity contribution in [3.8, 4) is 0 Å². The van der Waals surface area contributed by atoms with E-state index in [0.29, 0.717) is 0 Å². The summed E-state index contributed by atoms with van der Waals surface area (Å²) >= 11 is 0. The molecule has 1 aliphatic rings. The predicted octanol–water partition coefficient (Wildman–Crippen LogP) is -0.202. The number of carbonyl (C=O) groups is 1. The second-order valence-corrected chi connectivity index (χ2v) is 5.69. The van der Waals surface area contributed by atoms with Crippen molar-refractivity contribution in [3.05, 3.63) is 12.4 Å². The van der Waals surface area contributed by atoms with Crippen molar-refractivity contribution in [1.82, 2.24) is 14.5 Å². The molecular formula is C9H13N3O4S. The largest absolute Gasteiger partial charge is 0.481 e. The van der Waals surface area contributed by atoms with E-state index in [0.717, 1.165) is 12.8 Å². The lowest BCUT2D eigenvalue weighted by atomic mass is 10.4. The van der Waals surface area contributed by atoms with Crippen molar-refractivity contribution in [3.63, 3.8) is 0 Å². The molecule has 0 amide bonds. The number of nitrogens with one attached hydrogen (secondary N) is 1. The number of rotatable bonds is 6. The normalized spacial score (nSPS) is 16.0. The summed E-state index contributed by atoms with van der Waals surface area (Å²) in [5, 5.41) is 12.3. The molecular weight excluding hydrogens is 246 g/mol. The molecule has 8 heteroatoms. The molecule has 1 saturated carbocycles. The van der Waals surface area contributed by atoms with Gasteiger partial charge in [0.05, 0.1) is 19.2 Å². The van der Waals surface area contributed by atoms with Crippen molar-refractivity contribution >= 4 is 16.0 Å². The molecule has 1 heterocycles. The van der Waals surface area contributed by atoms with E-state index < -0.39 is 16.0 Å². The average molecular weight is 259 g/mol. The Balaban J connectivity index is 2.03. The van der Waals surface area contributed by atoms with Crippen LogP contribution in [0.3, 0.4) is 0 Å². The summed E-state index contributed by atoms with van der Waals surface area (Å²) < 4.78 is 27.3. The van der Waals surface area contributed by atoms with Gasteiger partial charge < -0.3 is 5.11 Å². The van der Waals surface area contributed by atoms with Gasteiger partial charge in [-0.05, 0) is 12.8 Å². The molecule has 0 saturated heterocycles. The van der Waals surface area contributed by atoms with Gasteiger partial charge in [-0.2, -0.15) is 5.10 Å². The third kappa shape index (κ3) is 3.27. The molecule has 1 aliphatic carbocycles. The number of aromatic nitrogens is 2. The standard InChI is InChI=1S/C9H13N3O4S/c13-9(14)3-4-12-6-8(5-10-12)17(15,16)11-7-1-2-7/h5-7,11H,1-4H2,(H,13,14). The van der Waals surface area contributed by atoms with Gasteiger partial charge in [0.1, 0.15) is 4.90 Å². The highest BCUT2D eigenvalue weighted by atomic mass is 32.2. The number of carboxylic acid groups (broad SMARTS) is 1. The van der Waals surface area contributed by atoms with Crippen LogP contribution < -0.4 is 4.72 Å². The molecule has 1 aromatic rings. The van der Waals surface area contributed by atoms with Crippen LogP contribution in [0, 0.1) is 0 Å². The molecule has 17 heavy (non-hydrogen) atoms. The fraction of sp³-hybridized carbons (Fsp3) is 0.556. The van der Waals surface area contributed by atoms with Crippen molar-refractivity contribution in [2.45, 2.75) is 36.7 Å². The minimum Gasteiger partial charge on any atom is -0.481 e. The number of carboxylic acids is 1. The SMILES string of the molecule is O=C(O)CCn1cc(S(=O)(=O)NC2CC2)cn1. The van der Waals surface area contributed by atoms with Gasteiger partial charge in [0, 0.05) is 12.2 Å². The number of sulfonamides is 1. The lowest BCUT2D eigenvalue weighted by Crippen LogP contribution is -2.25. The summed E-state index contributed by atoms with van der Waals surface area (Å²) in [5.41, 5.74) is 0. The van der Waals surface area contributed by atoms with E-state index >= 15 is 0 Å². The first kappa shape index (κ1) is 12.1. The Labute approximate surface area is 98.5 Å². The molecule has 0 aliphatic heterocycles. The number of aliphatic carboxylic acids is 1. The Morgan fingerprint density at radius 3 is 2.88 bits per heavy atom. The second-order valence-electron chi connectivity index (χ2n) is 3.98. The molecule has 94 valence electrons. The Morgan fingerprint density at radius 1 is 1.59 bits per heavy atom. The van der Waals surface area contributed by atoms with Crippen LogP contribution in [0.1, 0.15) is 19.3 Å². The molecule has 2 rings (SSSR count). The highest BCUT2D eigenvalue weighted by molar-refractivity contribution is 7.89. The van der Waals surface area contributed by atoms with E-state index in [-0.39, 0.29) is 23.9 Å². The van der Waals surface area contributed by atoms with Gasteiger partial charge in [0.2, 0.25) is 10.0 Å². The fourth-order valence-electron chi connectivity index (χ4n) is 1.30. The zero-order valence-electron chi connectivity index (χ0n) is 9.04. The molecule has 1 aromatic heterocycles. The minimum absolute atomic E-state index is 0.0439. The zero-order chi connectivity index (χ0) is 12.5. The van der Waals surface area contributed by atoms with E-state index in [1.807, 2.05) is 0 Å². The molecule has 0 spiro atoms. The zero-order valence-corrected chi connectivity index (χ0v) is 9.85. The van der Waals surface area contributed by atoms with Gasteiger partial charge in [-0.15, -0.1) is 0 Å². The van der Waals surface area contributed by atoms with E-state index in [2.05, 4.69) is 9.82 Å². The lowest BCUT2D eigenvalue weighted by Gasteiger charge is -2.01. The van der Waals surface area contributed by atoms with Gasteiger partial charge in [0.15, 0.2) is 0 Å². The lowest BCUT2D eigenvalue weighted by molar-refractivity contribution is -0.137. The van der Waals surface area contributed by atoms with E-state index in [9.17, 15) is 13.2 Å². The summed E-state index contributed by atoms with van der Waals surface area (Å²) in [6.45, 7) is 0.161. The first-order chi connectivity index (χ1) is 7.97. The Hall–Kier alpha value is -1.41. The van der Waals surface area contributed by atoms with Crippen LogP contribution >= 0.6 is 0 Å². The van der Waals surface area contributed by atoms with Gasteiger partial charge in [-0.25, -0.2) is 13.1 Å². The predicted molar refractivity (Wildman–Crippen MR) is 57.8 cm³/mol. The molecule has 2 N–H and O–H groups in total. The number of nitrogens with zero attached hydrogens (tertiary/aromatic N) is 2. The number of hydrogen-bond donors (Lipinski definition) is 2. The van der Waals surface area contributed by atoms with E-state index in [1.165, 1.54) is 17.1 Å². The third-order valence-electron chi connectivity index (χ3n) is 2.37. The molecule has 0 bridgehead atoms. The molecule has 7 nitrogen and oxygen atoms in total. The first-order valence-corrected chi connectivity index (χ1v) is 6.72. The van der Waals surface area contributed by atoms with Crippen LogP contribution in [0.15, 0.2) is 17.3 Å². The summed E-state index contributed by atoms with van der Waals surface area (Å²) in [7, 11) is -3.50. The Morgan fingerprint density at radius 2 is 2.29 bits per heavy atom. The van der Waals surface area contributed by atoms with E-state index in [1.54, 1.807) is 0 Å². The van der Waals surface area contributed by atoms with Crippen molar-refractivity contribution in [2.75, 3.05) is 0 Å². The van der Waals surface area contributed by atoms with Crippen LogP contribution in [-0.2, 0) is 21.4 Å². The highest BCUT2D eigenvalue weighted by Gasteiger charge is 2.28. The summed E-state index contributed by atoms with van der Waals surface area (Å²) in [6, 6.07) is 0.0439. The highest BCUT2D eigenvalue weighted by Crippen LogP contribution is 2.21. The number of aryl methyl sites for hydroxylation is 1. The smallest absolute Gasteiger partial charge is 0.305 e. The summed E-state index contributed by atoms with van der Waals surface area (Å²) in [6.07, 6.45) is 4.22. The average Bonchev–Trinajstić information content (AvgIpc) is 2.90. The van der Waals surface area contributed by atoms with E-state index in [4.69, 9.17) is 5.11 Å². The molecule has 0 radical (unpaired) electrons. The summed E-state index contributed by atoms with van der Waals surface area (Å²) in [5.74, 6) is -0.944. The van der Waals surface area contributed by atoms with Gasteiger partial charge in [-0.3, -0.25) is 9.48 Å². The van der Waals surface area contributed by atoms with Crippen LogP contribution in [-0.4, -0.2) is 35.3 Å². The van der Waals surface area contributed by atoms with Crippen molar-refractivity contribution in [2.24, 2.45) is 0 Å². The van der Waals surface area contributed by atoms with Gasteiger partial charge in [-0.1, -0.05) is 0 Å². The maximum absolute atomic E-state index is 11.8. The Kier molecular flexibility index (Phi) is 3.16. The summed E-state index contributed by atoms with van der Waals surface area (Å²) in [4.78, 5) is 10.4. The van der Waals surface area contributed by atoms with Crippen LogP contribution in [0.2, 0.25) is 0 Å². The molecule has 0 aromatic carbocycles. The second kappa shape index (κ2) is 4.46. The van der Waals surface area contributed by atoms with Crippen molar-refractivity contribution in [1.29, 1.82) is 0 Å². The topological polar surface area (TPSA) is 101 Å². The third-order valence-corrected chi connectivity index (χ3v) is 3.85. The maximum atomic E-state index is 11.8. The fourth-order valence-corrected chi connectivity index (χ4v) is 2.56. The number of hydrogen-bond acceptors (Lipinski definition) is 4. The molecule has 1 fully saturated rings. The van der Waals surface area contributed by atoms with Crippen molar-refractivity contribution < 1.29 is 18.3 Å². The monoisotopic (exact) mass is 259 g/mol. The first-order valence-electron chi connectivity index (χ1n) is 5.24. The Bertz CT molecular complexity index is 518. The maximum Gasteiger partial charge on any atom is 0.305 e. The van der Waals surface area contributed by atoms with Crippen LogP contribution in [0.4, 0.5) is 0 Å². The van der Waals surface area contributed by atoms with Gasteiger partial charge in [0.25, 0.3) is 0 Å². The molecule has 0 unspecified atom stereocenters. The van der Waals surface area contributed by atoms with Gasteiger partial charge >= 0.3 is 5.97 Å². The molecule has 0 atom stereocenters. The van der Waals surface area contributed by atoms with Crippen LogP contribution in [0.5, 0.6) is 0 Å². The van der Waals surface area contributed by atoms with Crippen LogP contribution in [0.25, 0.3) is 0 Å². The quantitative estimate of drug-likeness (QED) is 0.736. The minimum atomic E-state index is -3.50.